The second kappa shape index (κ2) is 5.88. The minimum atomic E-state index is -0.0902. The molecule has 1 N–H and O–H groups in total. The van der Waals surface area contributed by atoms with Crippen LogP contribution < -0.4 is 9.47 Å². The third-order valence-electron chi connectivity index (χ3n) is 4.15. The average molecular weight is 323 g/mol. The Labute approximate surface area is 139 Å². The van der Waals surface area contributed by atoms with E-state index in [2.05, 4.69) is 10.2 Å². The number of ether oxygens (including phenoxy) is 2. The minimum Gasteiger partial charge on any atom is -0.454 e. The van der Waals surface area contributed by atoms with Crippen molar-refractivity contribution in [2.45, 2.75) is 13.5 Å². The molecule has 0 unspecified atom stereocenters. The number of benzene rings is 2. The summed E-state index contributed by atoms with van der Waals surface area (Å²) in [4.78, 5) is 14.6. The molecule has 0 saturated carbocycles. The van der Waals surface area contributed by atoms with Crippen LogP contribution in [0.15, 0.2) is 42.5 Å². The van der Waals surface area contributed by atoms with Gasteiger partial charge in [0.1, 0.15) is 0 Å². The van der Waals surface area contributed by atoms with E-state index in [9.17, 15) is 4.79 Å². The molecule has 0 aliphatic carbocycles. The first-order valence-corrected chi connectivity index (χ1v) is 7.87. The molecule has 0 saturated heterocycles. The molecule has 1 aliphatic rings. The Kier molecular flexibility index (Phi) is 3.57. The van der Waals surface area contributed by atoms with Gasteiger partial charge in [-0.15, -0.1) is 0 Å². The van der Waals surface area contributed by atoms with Crippen LogP contribution in [-0.4, -0.2) is 34.3 Å². The van der Waals surface area contributed by atoms with Gasteiger partial charge in [0.2, 0.25) is 6.79 Å². The second-order valence-corrected chi connectivity index (χ2v) is 5.62. The van der Waals surface area contributed by atoms with E-state index in [1.54, 1.807) is 4.90 Å². The SMILES string of the molecule is CCN(Cc1ccc2c(c1)OCO2)C(=O)c1n[nH]c2ccccc12. The van der Waals surface area contributed by atoms with Crippen LogP contribution in [0.5, 0.6) is 11.5 Å². The minimum absolute atomic E-state index is 0.0902. The van der Waals surface area contributed by atoms with Gasteiger partial charge in [0.05, 0.1) is 5.52 Å². The van der Waals surface area contributed by atoms with E-state index >= 15 is 0 Å². The second-order valence-electron chi connectivity index (χ2n) is 5.62. The summed E-state index contributed by atoms with van der Waals surface area (Å²) in [5.74, 6) is 1.38. The Bertz CT molecular complexity index is 903. The number of carbonyl (C=O) groups is 1. The molecule has 1 aromatic heterocycles. The molecule has 1 aliphatic heterocycles. The quantitative estimate of drug-likeness (QED) is 0.801. The molecular weight excluding hydrogens is 306 g/mol. The van der Waals surface area contributed by atoms with Crippen molar-refractivity contribution in [2.24, 2.45) is 0 Å². The van der Waals surface area contributed by atoms with Gasteiger partial charge < -0.3 is 14.4 Å². The van der Waals surface area contributed by atoms with Crippen LogP contribution >= 0.6 is 0 Å². The molecule has 1 amide bonds. The Morgan fingerprint density at radius 2 is 2.04 bits per heavy atom. The summed E-state index contributed by atoms with van der Waals surface area (Å²) in [6.45, 7) is 3.29. The van der Waals surface area contributed by atoms with E-state index in [0.717, 1.165) is 28.0 Å². The van der Waals surface area contributed by atoms with Gasteiger partial charge in [0, 0.05) is 18.5 Å². The van der Waals surface area contributed by atoms with E-state index in [0.29, 0.717) is 18.8 Å². The number of hydrogen-bond donors (Lipinski definition) is 1. The summed E-state index contributed by atoms with van der Waals surface area (Å²) in [6, 6.07) is 13.4. The molecule has 24 heavy (non-hydrogen) atoms. The standard InChI is InChI=1S/C18H17N3O3/c1-2-21(10-12-7-8-15-16(9-12)24-11-23-15)18(22)17-13-5-3-4-6-14(13)19-20-17/h3-9H,2,10-11H2,1H3,(H,19,20). The monoisotopic (exact) mass is 323 g/mol. The summed E-state index contributed by atoms with van der Waals surface area (Å²) in [5, 5.41) is 7.95. The highest BCUT2D eigenvalue weighted by atomic mass is 16.7. The number of aromatic amines is 1. The van der Waals surface area contributed by atoms with Crippen LogP contribution in [0.4, 0.5) is 0 Å². The van der Waals surface area contributed by atoms with E-state index in [1.807, 2.05) is 49.4 Å². The van der Waals surface area contributed by atoms with E-state index in [-0.39, 0.29) is 12.7 Å². The van der Waals surface area contributed by atoms with Crippen LogP contribution in [0.3, 0.4) is 0 Å². The summed E-state index contributed by atoms with van der Waals surface area (Å²) < 4.78 is 10.7. The number of nitrogens with zero attached hydrogens (tertiary/aromatic N) is 2. The number of nitrogens with one attached hydrogen (secondary N) is 1. The van der Waals surface area contributed by atoms with Crippen molar-refractivity contribution >= 4 is 16.8 Å². The normalized spacial score (nSPS) is 12.5. The lowest BCUT2D eigenvalue weighted by Crippen LogP contribution is -2.30. The van der Waals surface area contributed by atoms with Crippen molar-refractivity contribution in [3.8, 4) is 11.5 Å². The largest absolute Gasteiger partial charge is 0.454 e. The molecule has 0 fully saturated rings. The van der Waals surface area contributed by atoms with Crippen molar-refractivity contribution < 1.29 is 14.3 Å². The average Bonchev–Trinajstić information content (AvgIpc) is 3.25. The molecule has 6 heteroatoms. The maximum Gasteiger partial charge on any atom is 0.275 e. The van der Waals surface area contributed by atoms with Gasteiger partial charge in [-0.1, -0.05) is 24.3 Å². The lowest BCUT2D eigenvalue weighted by atomic mass is 10.1. The molecule has 4 rings (SSSR count). The van der Waals surface area contributed by atoms with Gasteiger partial charge >= 0.3 is 0 Å². The molecule has 2 aromatic carbocycles. The van der Waals surface area contributed by atoms with Gasteiger partial charge in [-0.05, 0) is 30.7 Å². The van der Waals surface area contributed by atoms with Gasteiger partial charge in [0.25, 0.3) is 5.91 Å². The number of hydrogen-bond acceptors (Lipinski definition) is 4. The molecule has 0 atom stereocenters. The first-order valence-electron chi connectivity index (χ1n) is 7.87. The molecule has 122 valence electrons. The number of para-hydroxylation sites is 1. The number of rotatable bonds is 4. The molecule has 3 aromatic rings. The Morgan fingerprint density at radius 1 is 1.21 bits per heavy atom. The van der Waals surface area contributed by atoms with Gasteiger partial charge in [0.15, 0.2) is 17.2 Å². The Balaban J connectivity index is 1.60. The number of fused-ring (bicyclic) bond motifs is 2. The maximum absolute atomic E-state index is 12.9. The van der Waals surface area contributed by atoms with Crippen molar-refractivity contribution in [1.29, 1.82) is 0 Å². The first kappa shape index (κ1) is 14.6. The number of aromatic nitrogens is 2. The predicted molar refractivity (Wildman–Crippen MR) is 89.1 cm³/mol. The third-order valence-corrected chi connectivity index (χ3v) is 4.15. The van der Waals surface area contributed by atoms with E-state index in [1.165, 1.54) is 0 Å². The van der Waals surface area contributed by atoms with Crippen LogP contribution in [0.25, 0.3) is 10.9 Å². The van der Waals surface area contributed by atoms with Gasteiger partial charge in [-0.25, -0.2) is 0 Å². The van der Waals surface area contributed by atoms with Crippen molar-refractivity contribution in [1.82, 2.24) is 15.1 Å². The fraction of sp³-hybridized carbons (Fsp3) is 0.222. The highest BCUT2D eigenvalue weighted by molar-refractivity contribution is 6.04. The lowest BCUT2D eigenvalue weighted by Gasteiger charge is -2.20. The van der Waals surface area contributed by atoms with Crippen molar-refractivity contribution in [3.05, 3.63) is 53.7 Å². The molecular formula is C18H17N3O3. The van der Waals surface area contributed by atoms with Gasteiger partial charge in [-0.3, -0.25) is 9.89 Å². The van der Waals surface area contributed by atoms with E-state index in [4.69, 9.17) is 9.47 Å². The fourth-order valence-electron chi connectivity index (χ4n) is 2.86. The Hall–Kier alpha value is -3.02. The molecule has 2 heterocycles. The zero-order chi connectivity index (χ0) is 16.5. The van der Waals surface area contributed by atoms with Crippen LogP contribution in [0.2, 0.25) is 0 Å². The maximum atomic E-state index is 12.9. The van der Waals surface area contributed by atoms with Crippen molar-refractivity contribution in [3.63, 3.8) is 0 Å². The van der Waals surface area contributed by atoms with Crippen LogP contribution in [0, 0.1) is 0 Å². The lowest BCUT2D eigenvalue weighted by molar-refractivity contribution is 0.0748. The number of amides is 1. The summed E-state index contributed by atoms with van der Waals surface area (Å²) >= 11 is 0. The molecule has 0 bridgehead atoms. The molecule has 0 radical (unpaired) electrons. The van der Waals surface area contributed by atoms with Crippen LogP contribution in [-0.2, 0) is 6.54 Å². The van der Waals surface area contributed by atoms with Gasteiger partial charge in [-0.2, -0.15) is 5.10 Å². The summed E-state index contributed by atoms with van der Waals surface area (Å²) in [6.07, 6.45) is 0. The Morgan fingerprint density at radius 3 is 2.92 bits per heavy atom. The summed E-state index contributed by atoms with van der Waals surface area (Å²) in [5.41, 5.74) is 2.31. The molecule has 0 spiro atoms. The zero-order valence-electron chi connectivity index (χ0n) is 13.3. The van der Waals surface area contributed by atoms with Crippen molar-refractivity contribution in [2.75, 3.05) is 13.3 Å². The highest BCUT2D eigenvalue weighted by Gasteiger charge is 2.21. The topological polar surface area (TPSA) is 67.5 Å². The summed E-state index contributed by atoms with van der Waals surface area (Å²) in [7, 11) is 0. The van der Waals surface area contributed by atoms with E-state index < -0.39 is 0 Å². The highest BCUT2D eigenvalue weighted by Crippen LogP contribution is 2.33. The smallest absolute Gasteiger partial charge is 0.275 e. The number of H-pyrrole nitrogens is 1. The first-order chi connectivity index (χ1) is 11.8. The fourth-order valence-corrected chi connectivity index (χ4v) is 2.86. The molecule has 6 nitrogen and oxygen atoms in total. The predicted octanol–water partition coefficient (Wildman–Crippen LogP) is 2.95. The third kappa shape index (κ3) is 2.46. The van der Waals surface area contributed by atoms with Crippen LogP contribution in [0.1, 0.15) is 23.0 Å². The zero-order valence-corrected chi connectivity index (χ0v) is 13.3. The number of carbonyl (C=O) groups excluding carboxylic acids is 1.